The van der Waals surface area contributed by atoms with Crippen LogP contribution in [-0.4, -0.2) is 149 Å². The second-order valence-corrected chi connectivity index (χ2v) is 34.3. The summed E-state index contributed by atoms with van der Waals surface area (Å²) in [5.41, 5.74) is 16.2. The van der Waals surface area contributed by atoms with Gasteiger partial charge in [-0.3, -0.25) is 38.1 Å². The summed E-state index contributed by atoms with van der Waals surface area (Å²) in [6, 6.07) is 30.1. The molecule has 0 radical (unpaired) electrons. The summed E-state index contributed by atoms with van der Waals surface area (Å²) in [6.45, 7) is 21.9. The van der Waals surface area contributed by atoms with Crippen molar-refractivity contribution in [3.05, 3.63) is 253 Å². The van der Waals surface area contributed by atoms with Crippen LogP contribution in [0.1, 0.15) is 162 Å². The quantitative estimate of drug-likeness (QED) is 0.0185. The molecule has 0 amide bonds. The van der Waals surface area contributed by atoms with Gasteiger partial charge in [0, 0.05) is 153 Å². The van der Waals surface area contributed by atoms with E-state index in [1.54, 1.807) is 141 Å². The van der Waals surface area contributed by atoms with E-state index in [1.807, 2.05) is 134 Å². The van der Waals surface area contributed by atoms with E-state index in [4.69, 9.17) is 20.7 Å². The molecule has 0 saturated carbocycles. The molecular weight excluding hydrogens is 1670 g/mol. The van der Waals surface area contributed by atoms with Crippen LogP contribution < -0.4 is 28.0 Å². The molecule has 11 aromatic rings. The third-order valence-electron chi connectivity index (χ3n) is 16.1. The van der Waals surface area contributed by atoms with E-state index in [0.717, 1.165) is 63.3 Å². The maximum atomic E-state index is 14.4. The molecule has 6 heterocycles. The van der Waals surface area contributed by atoms with Gasteiger partial charge in [-0.2, -0.15) is 29.9 Å². The van der Waals surface area contributed by atoms with E-state index in [9.17, 15) is 49.0 Å². The fourth-order valence-electron chi connectivity index (χ4n) is 9.52. The molecule has 6 N–H and O–H groups in total. The molecule has 5 unspecified atom stereocenters. The number of aliphatic hydroxyl groups excluding tert-OH is 1. The molecule has 0 spiro atoms. The summed E-state index contributed by atoms with van der Waals surface area (Å²) in [6.07, 6.45) is 22.5. The number of rotatable bonds is 15. The number of nitrogens with two attached hydrogens (primary N) is 2. The standard InChI is InChI=1S/C16H22FN3OS.C15H18FN3OS.C12H14FN3.C11H11FN2O.C11H9FN2O.C9H8O3.C4H11NOS.C4H8O.CH4.CH3.3ClH.Mg/c1-11(19-22(21)16(2,3)4)14-7-6-12(8-15(14)17)13-9-18-20(5)10-13;1-15(2,3)21(20)18-9-12-6-5-11(7-14(12)16)13-8-17-19(4)10-13;1-8(14)11-4-3-9(5-12(11)13)10-6-15-16(2)7-10;2*1-14-6-10(5-13-14)8-2-3-9(7-15)11(12)4-8;1-12-9(11)8-5-3-2-4-7(8)6-10;1-4(2,3)7(5)6;1-2-4-5-3-1;;;;;;/h6-11,19H,1-5H3;5-10H,1-4H3;3-8H,14H2,1-2H3;2-6,15H,7H2,1H3;2-7H,1H3;2-6H,1H3;5H2,1-3H3;1-4H2;1H4;1H3;3*1H;/q;;;;;;;;;-1;;;;+2/p-1. The van der Waals surface area contributed by atoms with Crippen LogP contribution in [0.25, 0.3) is 55.6 Å². The van der Waals surface area contributed by atoms with Gasteiger partial charge in [0.05, 0.1) is 92.0 Å². The molecule has 1 aliphatic heterocycles. The number of halogens is 8. The summed E-state index contributed by atoms with van der Waals surface area (Å²) in [4.78, 5) is 31.9. The second-order valence-electron chi connectivity index (χ2n) is 28.6. The molecule has 0 bridgehead atoms. The van der Waals surface area contributed by atoms with Crippen molar-refractivity contribution in [1.29, 1.82) is 0 Å². The monoisotopic (exact) mass is 1780 g/mol. The molecule has 1 aliphatic rings. The third-order valence-corrected chi connectivity index (χ3v) is 20.3. The minimum atomic E-state index is -1.39. The number of nitrogens with zero attached hydrogens (tertiary/aromatic N) is 11. The van der Waals surface area contributed by atoms with Crippen LogP contribution in [0, 0.1) is 36.5 Å². The number of methoxy groups -OCH3 is 1. The predicted octanol–water partition coefficient (Wildman–Crippen LogP) is 13.5. The fraction of sp³-hybridized carbons (Fsp3) is 0.333. The number of hydrogen-bond donors (Lipinski definition) is 4. The van der Waals surface area contributed by atoms with E-state index in [0.29, 0.717) is 51.5 Å². The van der Waals surface area contributed by atoms with Gasteiger partial charge in [-0.05, 0) is 165 Å². The number of aldehydes is 2. The van der Waals surface area contributed by atoms with Crippen molar-refractivity contribution >= 4 is 106 Å². The Labute approximate surface area is 738 Å². The average Bonchev–Trinajstić information content (AvgIpc) is 1.80. The SMILES string of the molecule is C.C1CCOC1.CC(C)(C)S(N)=O.CC(N)c1ccc(-c2cnn(C)c2)cc1F.CC(NS(=O)C(C)(C)C)c1ccc(-c2cnn(C)c2)cc1F.COC(=O)c1ccccc1C=O.Cl.Cl.Cn1cc(-c2ccc(C=NS(=O)C(C)(C)C)c(F)c2)cn1.Cn1cc(-c2ccc(C=O)c(F)c2)cn1.Cn1cc(-c2ccc(CO)c(F)c2)cn1.[CH3-].[Cl-].[Mg+2]. The van der Waals surface area contributed by atoms with Gasteiger partial charge in [0.2, 0.25) is 0 Å². The molecule has 5 aromatic heterocycles. The van der Waals surface area contributed by atoms with Gasteiger partial charge in [-0.1, -0.05) is 74.2 Å². The van der Waals surface area contributed by atoms with Crippen molar-refractivity contribution in [3.8, 4) is 55.6 Å². The Bertz CT molecular complexity index is 5030. The van der Waals surface area contributed by atoms with Gasteiger partial charge in [0.1, 0.15) is 40.1 Å². The number of hydrogen-bond acceptors (Lipinski definition) is 15. The van der Waals surface area contributed by atoms with E-state index in [1.165, 1.54) is 62.6 Å². The Morgan fingerprint density at radius 1 is 0.546 bits per heavy atom. The first-order valence-electron chi connectivity index (χ1n) is 35.4. The zero-order valence-corrected chi connectivity index (χ0v) is 75.7. The number of aliphatic hydroxyl groups is 1. The minimum absolute atomic E-state index is 0. The van der Waals surface area contributed by atoms with E-state index in [-0.39, 0.29) is 126 Å². The van der Waals surface area contributed by atoms with Crippen molar-refractivity contribution < 1.29 is 75.9 Å². The summed E-state index contributed by atoms with van der Waals surface area (Å²) in [7, 11) is 6.52. The van der Waals surface area contributed by atoms with Gasteiger partial charge in [-0.15, -0.1) is 24.8 Å². The van der Waals surface area contributed by atoms with E-state index < -0.39 is 55.3 Å². The fourth-order valence-corrected chi connectivity index (χ4v) is 10.9. The minimum Gasteiger partial charge on any atom is -1.00 e. The maximum absolute atomic E-state index is 14.4. The Morgan fingerprint density at radius 2 is 0.891 bits per heavy atom. The molecule has 35 heteroatoms. The Morgan fingerprint density at radius 3 is 1.18 bits per heavy atom. The van der Waals surface area contributed by atoms with Crippen LogP contribution in [0.4, 0.5) is 22.0 Å². The van der Waals surface area contributed by atoms with Crippen LogP contribution in [0.15, 0.2) is 182 Å². The summed E-state index contributed by atoms with van der Waals surface area (Å²) in [5.74, 6) is -2.36. The van der Waals surface area contributed by atoms with E-state index >= 15 is 0 Å². The van der Waals surface area contributed by atoms with Crippen molar-refractivity contribution in [3.63, 3.8) is 0 Å². The predicted molar refractivity (Wildman–Crippen MR) is 471 cm³/mol. The average molecular weight is 1780 g/mol. The topological polar surface area (TPSA) is 307 Å². The molecule has 6 aromatic carbocycles. The second kappa shape index (κ2) is 53.9. The largest absolute Gasteiger partial charge is 2.00 e. The van der Waals surface area contributed by atoms with Gasteiger partial charge < -0.3 is 40.1 Å². The number of carbonyl (C=O) groups is 3. The molecule has 23 nitrogen and oxygen atoms in total. The van der Waals surface area contributed by atoms with Crippen LogP contribution in [0.3, 0.4) is 0 Å². The van der Waals surface area contributed by atoms with Gasteiger partial charge in [0.25, 0.3) is 0 Å². The smallest absolute Gasteiger partial charge is 1.00 e. The number of benzene rings is 6. The molecule has 119 heavy (non-hydrogen) atoms. The molecule has 12 rings (SSSR count). The number of carbonyl (C=O) groups excluding carboxylic acids is 3. The Balaban J connectivity index is 0. The van der Waals surface area contributed by atoms with Crippen LogP contribution in [0.5, 0.6) is 0 Å². The number of aryl methyl sites for hydroxylation is 5. The maximum Gasteiger partial charge on any atom is 2.00 e. The van der Waals surface area contributed by atoms with Crippen molar-refractivity contribution in [1.82, 2.24) is 53.6 Å². The summed E-state index contributed by atoms with van der Waals surface area (Å²) in [5, 5.41) is 34.1. The Kier molecular flexibility index (Phi) is 50.9. The molecule has 1 saturated heterocycles. The number of nitrogens with one attached hydrogen (secondary N) is 1. The Hall–Kier alpha value is -8.61. The van der Waals surface area contributed by atoms with Crippen LogP contribution in [-0.2, 0) is 84.3 Å². The molecule has 1 fully saturated rings. The van der Waals surface area contributed by atoms with Gasteiger partial charge in [-0.25, -0.2) is 44.1 Å². The zero-order chi connectivity index (χ0) is 84.1. The van der Waals surface area contributed by atoms with Crippen molar-refractivity contribution in [2.45, 2.75) is 129 Å². The molecule has 5 atom stereocenters. The van der Waals surface area contributed by atoms with E-state index in [2.05, 4.69) is 39.4 Å². The van der Waals surface area contributed by atoms with Gasteiger partial charge in [0.15, 0.2) is 12.6 Å². The number of aromatic nitrogens is 10. The first-order chi connectivity index (χ1) is 53.2. The zero-order valence-electron chi connectivity index (χ0n) is 69.5. The third kappa shape index (κ3) is 37.1. The number of esters is 1. The van der Waals surface area contributed by atoms with Gasteiger partial charge >= 0.3 is 29.0 Å². The first-order valence-corrected chi connectivity index (χ1v) is 38.9. The molecule has 0 aliphatic carbocycles. The van der Waals surface area contributed by atoms with Crippen LogP contribution >= 0.6 is 24.8 Å². The summed E-state index contributed by atoms with van der Waals surface area (Å²) >= 11 is 0. The van der Waals surface area contributed by atoms with Crippen LogP contribution in [0.2, 0.25) is 0 Å². The number of ether oxygens (including phenoxy) is 2. The molecular formula is C84H110Cl3F5MgN14O9S3. The van der Waals surface area contributed by atoms with Crippen molar-refractivity contribution in [2.24, 2.45) is 50.5 Å². The summed E-state index contributed by atoms with van der Waals surface area (Å²) < 4.78 is 127. The van der Waals surface area contributed by atoms with Crippen molar-refractivity contribution in [2.75, 3.05) is 20.3 Å². The first kappa shape index (κ1) is 112. The normalized spacial score (nSPS) is 12.4. The molecule has 646 valence electrons.